The van der Waals surface area contributed by atoms with Crippen molar-refractivity contribution < 1.29 is 17.6 Å². The average molecular weight is 448 g/mol. The Kier molecular flexibility index (Phi) is 7.67. The second kappa shape index (κ2) is 10.2. The Morgan fingerprint density at radius 3 is 2.19 bits per heavy atom. The van der Waals surface area contributed by atoms with E-state index in [2.05, 4.69) is 16.7 Å². The number of anilines is 1. The molecule has 31 heavy (non-hydrogen) atoms. The van der Waals surface area contributed by atoms with Gasteiger partial charge in [-0.2, -0.15) is 0 Å². The second-order valence-electron chi connectivity index (χ2n) is 8.14. The molecule has 0 bridgehead atoms. The molecule has 1 fully saturated rings. The predicted molar refractivity (Wildman–Crippen MR) is 120 cm³/mol. The number of likely N-dealkylation sites (N-methyl/N-ethyl adjacent to an activating group) is 2. The van der Waals surface area contributed by atoms with Crippen LogP contribution in [0.25, 0.3) is 0 Å². The molecule has 1 saturated carbocycles. The summed E-state index contributed by atoms with van der Waals surface area (Å²) in [7, 11) is 0.0753. The normalized spacial score (nSPS) is 15.1. The topological polar surface area (TPSA) is 69.7 Å². The molecular formula is C23H30FN3O3S. The molecule has 0 aromatic heterocycles. The molecule has 1 aliphatic rings. The van der Waals surface area contributed by atoms with E-state index in [1.54, 1.807) is 36.2 Å². The number of amides is 1. The highest BCUT2D eigenvalue weighted by Gasteiger charge is 2.19. The summed E-state index contributed by atoms with van der Waals surface area (Å²) >= 11 is 0. The molecular weight excluding hydrogens is 417 g/mol. The minimum Gasteiger partial charge on any atom is -0.340 e. The Morgan fingerprint density at radius 2 is 1.58 bits per heavy atom. The molecule has 0 saturated heterocycles. The van der Waals surface area contributed by atoms with E-state index in [1.165, 1.54) is 44.2 Å². The molecule has 8 heteroatoms. The summed E-state index contributed by atoms with van der Waals surface area (Å²) in [6.07, 6.45) is 6.33. The maximum Gasteiger partial charge on any atom is 0.261 e. The fraction of sp³-hybridized carbons (Fsp3) is 0.435. The first-order valence-electron chi connectivity index (χ1n) is 10.6. The van der Waals surface area contributed by atoms with E-state index < -0.39 is 15.8 Å². The van der Waals surface area contributed by atoms with Crippen molar-refractivity contribution in [2.75, 3.05) is 31.9 Å². The van der Waals surface area contributed by atoms with Crippen LogP contribution in [0.1, 0.15) is 42.5 Å². The third kappa shape index (κ3) is 6.27. The number of halogens is 1. The minimum absolute atomic E-state index is 0.0316. The van der Waals surface area contributed by atoms with Crippen LogP contribution >= 0.6 is 0 Å². The molecule has 1 aliphatic carbocycles. The number of sulfonamides is 1. The smallest absolute Gasteiger partial charge is 0.261 e. The molecule has 6 nitrogen and oxygen atoms in total. The van der Waals surface area contributed by atoms with Gasteiger partial charge in [-0.25, -0.2) is 12.8 Å². The minimum atomic E-state index is -3.83. The lowest BCUT2D eigenvalue weighted by Gasteiger charge is -2.32. The summed E-state index contributed by atoms with van der Waals surface area (Å²) in [6.45, 7) is 1.45. The van der Waals surface area contributed by atoms with Gasteiger partial charge in [0.05, 0.1) is 4.90 Å². The molecule has 1 amide bonds. The number of nitrogens with one attached hydrogen (secondary N) is 1. The van der Waals surface area contributed by atoms with E-state index >= 15 is 0 Å². The third-order valence-corrected chi connectivity index (χ3v) is 7.24. The van der Waals surface area contributed by atoms with Crippen LogP contribution in [0, 0.1) is 5.82 Å². The molecule has 2 aromatic rings. The number of hydrogen-bond acceptors (Lipinski definition) is 4. The highest BCUT2D eigenvalue weighted by atomic mass is 32.2. The van der Waals surface area contributed by atoms with Crippen LogP contribution in [0.15, 0.2) is 53.4 Å². The fourth-order valence-corrected chi connectivity index (χ4v) is 4.90. The zero-order chi connectivity index (χ0) is 22.4. The van der Waals surface area contributed by atoms with Gasteiger partial charge in [0.15, 0.2) is 0 Å². The largest absolute Gasteiger partial charge is 0.340 e. The van der Waals surface area contributed by atoms with Gasteiger partial charge in [-0.3, -0.25) is 9.52 Å². The van der Waals surface area contributed by atoms with Crippen LogP contribution in [-0.4, -0.2) is 57.4 Å². The fourth-order valence-electron chi connectivity index (χ4n) is 3.84. The molecule has 0 radical (unpaired) electrons. The number of benzene rings is 2. The van der Waals surface area contributed by atoms with E-state index in [4.69, 9.17) is 0 Å². The zero-order valence-corrected chi connectivity index (χ0v) is 18.9. The van der Waals surface area contributed by atoms with Crippen LogP contribution in [0.3, 0.4) is 0 Å². The monoisotopic (exact) mass is 447 g/mol. The Morgan fingerprint density at radius 1 is 0.968 bits per heavy atom. The standard InChI is InChI=1S/C23H30FN3O3S/c1-26(21-6-4-3-5-7-21)16-17-27(2)23(28)18-8-12-20(13-9-18)25-31(29,30)22-14-10-19(24)11-15-22/h8-15,21,25H,3-7,16-17H2,1-2H3. The second-order valence-corrected chi connectivity index (χ2v) is 9.82. The first-order valence-corrected chi connectivity index (χ1v) is 12.1. The van der Waals surface area contributed by atoms with Gasteiger partial charge in [0.2, 0.25) is 0 Å². The molecule has 1 N–H and O–H groups in total. The SMILES string of the molecule is CN(CCN(C)C1CCCCC1)C(=O)c1ccc(NS(=O)(=O)c2ccc(F)cc2)cc1. The van der Waals surface area contributed by atoms with Gasteiger partial charge in [0.1, 0.15) is 5.82 Å². The predicted octanol–water partition coefficient (Wildman–Crippen LogP) is 3.96. The van der Waals surface area contributed by atoms with Gasteiger partial charge >= 0.3 is 0 Å². The van der Waals surface area contributed by atoms with E-state index in [-0.39, 0.29) is 10.8 Å². The van der Waals surface area contributed by atoms with Crippen LogP contribution in [0.5, 0.6) is 0 Å². The summed E-state index contributed by atoms with van der Waals surface area (Å²) in [5.74, 6) is -0.610. The summed E-state index contributed by atoms with van der Waals surface area (Å²) < 4.78 is 40.3. The number of rotatable bonds is 8. The number of nitrogens with zero attached hydrogens (tertiary/aromatic N) is 2. The number of carbonyl (C=O) groups excluding carboxylic acids is 1. The van der Waals surface area contributed by atoms with Crippen molar-refractivity contribution in [3.05, 3.63) is 59.9 Å². The van der Waals surface area contributed by atoms with Gasteiger partial charge in [-0.1, -0.05) is 19.3 Å². The number of hydrogen-bond donors (Lipinski definition) is 1. The van der Waals surface area contributed by atoms with Crippen molar-refractivity contribution in [3.63, 3.8) is 0 Å². The first kappa shape index (κ1) is 23.2. The Bertz CT molecular complexity index is 972. The van der Waals surface area contributed by atoms with Crippen molar-refractivity contribution in [1.82, 2.24) is 9.80 Å². The lowest BCUT2D eigenvalue weighted by Crippen LogP contribution is -2.40. The van der Waals surface area contributed by atoms with Crippen molar-refractivity contribution in [2.24, 2.45) is 0 Å². The quantitative estimate of drug-likeness (QED) is 0.665. The number of carbonyl (C=O) groups is 1. The van der Waals surface area contributed by atoms with E-state index in [9.17, 15) is 17.6 Å². The first-order chi connectivity index (χ1) is 14.8. The van der Waals surface area contributed by atoms with E-state index in [0.717, 1.165) is 18.7 Å². The molecule has 0 aliphatic heterocycles. The van der Waals surface area contributed by atoms with Crippen molar-refractivity contribution >= 4 is 21.6 Å². The highest BCUT2D eigenvalue weighted by Crippen LogP contribution is 2.21. The van der Waals surface area contributed by atoms with Crippen LogP contribution < -0.4 is 4.72 Å². The lowest BCUT2D eigenvalue weighted by molar-refractivity contribution is 0.0767. The average Bonchev–Trinajstić information content (AvgIpc) is 2.78. The molecule has 0 spiro atoms. The maximum atomic E-state index is 13.0. The maximum absolute atomic E-state index is 13.0. The molecule has 0 heterocycles. The Labute approximate surface area is 184 Å². The van der Waals surface area contributed by atoms with Crippen LogP contribution in [-0.2, 0) is 10.0 Å². The van der Waals surface area contributed by atoms with Crippen molar-refractivity contribution in [3.8, 4) is 0 Å². The molecule has 0 unspecified atom stereocenters. The zero-order valence-electron chi connectivity index (χ0n) is 18.1. The molecule has 3 rings (SSSR count). The van der Waals surface area contributed by atoms with Crippen molar-refractivity contribution in [2.45, 2.75) is 43.0 Å². The summed E-state index contributed by atoms with van der Waals surface area (Å²) in [6, 6.07) is 11.5. The van der Waals surface area contributed by atoms with Crippen LogP contribution in [0.4, 0.5) is 10.1 Å². The van der Waals surface area contributed by atoms with Crippen molar-refractivity contribution in [1.29, 1.82) is 0 Å². The van der Waals surface area contributed by atoms with Gasteiger partial charge in [0.25, 0.3) is 15.9 Å². The molecule has 0 atom stereocenters. The van der Waals surface area contributed by atoms with E-state index in [0.29, 0.717) is 23.8 Å². The van der Waals surface area contributed by atoms with Gasteiger partial charge in [0, 0.05) is 37.4 Å². The third-order valence-electron chi connectivity index (χ3n) is 5.84. The van der Waals surface area contributed by atoms with E-state index in [1.807, 2.05) is 0 Å². The van der Waals surface area contributed by atoms with Gasteiger partial charge in [-0.15, -0.1) is 0 Å². The lowest BCUT2D eigenvalue weighted by atomic mass is 9.94. The summed E-state index contributed by atoms with van der Waals surface area (Å²) in [5, 5.41) is 0. The van der Waals surface area contributed by atoms with Gasteiger partial charge in [-0.05, 0) is 68.4 Å². The Balaban J connectivity index is 1.56. The highest BCUT2D eigenvalue weighted by molar-refractivity contribution is 7.92. The summed E-state index contributed by atoms with van der Waals surface area (Å²) in [5.41, 5.74) is 0.827. The van der Waals surface area contributed by atoms with Crippen LogP contribution in [0.2, 0.25) is 0 Å². The molecule has 2 aromatic carbocycles. The van der Waals surface area contributed by atoms with Gasteiger partial charge < -0.3 is 9.80 Å². The summed E-state index contributed by atoms with van der Waals surface area (Å²) in [4.78, 5) is 16.7. The Hall–Kier alpha value is -2.45. The molecule has 168 valence electrons.